The van der Waals surface area contributed by atoms with Gasteiger partial charge in [-0.25, -0.2) is 0 Å². The quantitative estimate of drug-likeness (QED) is 0.309. The maximum absolute atomic E-state index is 6.14. The van der Waals surface area contributed by atoms with Gasteiger partial charge in [-0.2, -0.15) is 0 Å². The highest BCUT2D eigenvalue weighted by molar-refractivity contribution is 8.47. The summed E-state index contributed by atoms with van der Waals surface area (Å²) in [6, 6.07) is 11.6. The van der Waals surface area contributed by atoms with E-state index >= 15 is 0 Å². The fourth-order valence-corrected chi connectivity index (χ4v) is 4.38. The van der Waals surface area contributed by atoms with Crippen LogP contribution in [0.5, 0.6) is 0 Å². The number of hydrogen-bond donors (Lipinski definition) is 0. The van der Waals surface area contributed by atoms with Crippen molar-refractivity contribution >= 4 is 74.1 Å². The zero-order valence-corrected chi connectivity index (χ0v) is 15.0. The first-order valence-corrected chi connectivity index (χ1v) is 8.74. The number of halogens is 3. The van der Waals surface area contributed by atoms with Crippen LogP contribution in [-0.4, -0.2) is 3.53 Å². The van der Waals surface area contributed by atoms with E-state index in [2.05, 4.69) is 19.1 Å². The Labute approximate surface area is 147 Å². The second-order valence-electron chi connectivity index (χ2n) is 3.96. The van der Waals surface area contributed by atoms with Crippen molar-refractivity contribution in [1.82, 2.24) is 0 Å². The Bertz CT molecular complexity index is 639. The summed E-state index contributed by atoms with van der Waals surface area (Å²) < 4.78 is 0.758. The zero-order chi connectivity index (χ0) is 14.7. The van der Waals surface area contributed by atoms with E-state index in [0.717, 1.165) is 13.3 Å². The number of benzene rings is 2. The van der Waals surface area contributed by atoms with Crippen LogP contribution in [0.1, 0.15) is 5.56 Å². The average molecular weight is 380 g/mol. The lowest BCUT2D eigenvalue weighted by atomic mass is 10.2. The molecule has 0 N–H and O–H groups in total. The van der Waals surface area contributed by atoms with Gasteiger partial charge in [0.25, 0.3) is 0 Å². The van der Waals surface area contributed by atoms with Crippen LogP contribution in [0.4, 0.5) is 0 Å². The third-order valence-corrected chi connectivity index (χ3v) is 5.94. The molecule has 20 heavy (non-hydrogen) atoms. The molecule has 0 heterocycles. The Kier molecular flexibility index (Phi) is 6.09. The molecule has 104 valence electrons. The highest BCUT2D eigenvalue weighted by Crippen LogP contribution is 2.38. The van der Waals surface area contributed by atoms with Gasteiger partial charge in [0.15, 0.2) is 0 Å². The van der Waals surface area contributed by atoms with E-state index in [1.807, 2.05) is 12.1 Å². The first-order valence-electron chi connectivity index (χ1n) is 5.56. The largest absolute Gasteiger partial charge is 0.113 e. The number of rotatable bonds is 2. The summed E-state index contributed by atoms with van der Waals surface area (Å²) in [6.07, 6.45) is 0. The van der Waals surface area contributed by atoms with Gasteiger partial charge in [0.05, 0.1) is 15.1 Å². The lowest BCUT2D eigenvalue weighted by molar-refractivity contribution is 1.38. The maximum Gasteiger partial charge on any atom is 0.113 e. The number of thiocarbonyl (C=S) groups is 1. The molecule has 0 unspecified atom stereocenters. The minimum Gasteiger partial charge on any atom is -0.0830 e. The third-order valence-electron chi connectivity index (χ3n) is 2.39. The molecule has 0 aliphatic rings. The smallest absolute Gasteiger partial charge is 0.0830 e. The van der Waals surface area contributed by atoms with E-state index < -0.39 is 0 Å². The summed E-state index contributed by atoms with van der Waals surface area (Å²) >= 11 is 26.3. The van der Waals surface area contributed by atoms with E-state index in [1.54, 1.807) is 12.1 Å². The fourth-order valence-electron chi connectivity index (χ4n) is 1.40. The molecule has 0 radical (unpaired) electrons. The zero-order valence-electron chi connectivity index (χ0n) is 10.3. The molecule has 0 aliphatic carbocycles. The summed E-state index contributed by atoms with van der Waals surface area (Å²) in [4.78, 5) is 1.91. The fraction of sp³-hybridized carbons (Fsp3) is 0.0714. The molecule has 2 aromatic rings. The molecule has 0 atom stereocenters. The van der Waals surface area contributed by atoms with Crippen LogP contribution in [0.3, 0.4) is 0 Å². The molecule has 0 fully saturated rings. The predicted molar refractivity (Wildman–Crippen MR) is 97.0 cm³/mol. The van der Waals surface area contributed by atoms with E-state index in [0.29, 0.717) is 15.1 Å². The SMILES string of the molecule is Cc1ccc(SC(=S)Sc2cc(Cl)c(Cl)cc2Cl)cc1. The minimum absolute atomic E-state index is 0.443. The Balaban J connectivity index is 2.08. The van der Waals surface area contributed by atoms with Crippen molar-refractivity contribution in [3.8, 4) is 0 Å². The highest BCUT2D eigenvalue weighted by atomic mass is 35.5. The standard InChI is InChI=1S/C14H9Cl3S3/c1-8-2-4-9(5-3-8)19-14(18)20-13-7-11(16)10(15)6-12(13)17/h2-7H,1H3. The van der Waals surface area contributed by atoms with Crippen LogP contribution in [-0.2, 0) is 0 Å². The van der Waals surface area contributed by atoms with Gasteiger partial charge in [0.1, 0.15) is 3.53 Å². The molecule has 0 spiro atoms. The molecule has 0 amide bonds. The first-order chi connectivity index (χ1) is 9.45. The van der Waals surface area contributed by atoms with Gasteiger partial charge in [-0.3, -0.25) is 0 Å². The summed E-state index contributed by atoms with van der Waals surface area (Å²) in [5.74, 6) is 0. The number of hydrogen-bond acceptors (Lipinski definition) is 3. The molecule has 6 heteroatoms. The van der Waals surface area contributed by atoms with Crippen molar-refractivity contribution in [2.75, 3.05) is 0 Å². The Morgan fingerprint density at radius 1 is 0.900 bits per heavy atom. The van der Waals surface area contributed by atoms with Gasteiger partial charge in [0, 0.05) is 9.79 Å². The molecule has 2 rings (SSSR count). The monoisotopic (exact) mass is 378 g/mol. The van der Waals surface area contributed by atoms with Gasteiger partial charge < -0.3 is 0 Å². The van der Waals surface area contributed by atoms with Gasteiger partial charge in [-0.05, 0) is 31.2 Å². The molecule has 0 aromatic heterocycles. The van der Waals surface area contributed by atoms with E-state index in [4.69, 9.17) is 47.0 Å². The molecular weight excluding hydrogens is 371 g/mol. The topological polar surface area (TPSA) is 0 Å². The second kappa shape index (κ2) is 7.39. The Hall–Kier alpha value is 0.1000. The molecule has 0 bridgehead atoms. The summed E-state index contributed by atoms with van der Waals surface area (Å²) in [5.41, 5.74) is 1.22. The van der Waals surface area contributed by atoms with E-state index in [-0.39, 0.29) is 0 Å². The second-order valence-corrected chi connectivity index (χ2v) is 8.50. The summed E-state index contributed by atoms with van der Waals surface area (Å²) in [7, 11) is 0. The van der Waals surface area contributed by atoms with Crippen molar-refractivity contribution in [3.05, 3.63) is 57.0 Å². The van der Waals surface area contributed by atoms with Gasteiger partial charge in [0.2, 0.25) is 0 Å². The van der Waals surface area contributed by atoms with Crippen LogP contribution in [0.25, 0.3) is 0 Å². The van der Waals surface area contributed by atoms with Crippen LogP contribution < -0.4 is 0 Å². The normalized spacial score (nSPS) is 10.6. The molecule has 2 aromatic carbocycles. The van der Waals surface area contributed by atoms with Crippen molar-refractivity contribution in [3.63, 3.8) is 0 Å². The average Bonchev–Trinajstić information content (AvgIpc) is 2.39. The predicted octanol–water partition coefficient (Wildman–Crippen LogP) is 7.12. The lowest BCUT2D eigenvalue weighted by Gasteiger charge is -2.07. The molecular formula is C14H9Cl3S3. The van der Waals surface area contributed by atoms with Crippen molar-refractivity contribution in [1.29, 1.82) is 0 Å². The molecule has 0 nitrogen and oxygen atoms in total. The van der Waals surface area contributed by atoms with Crippen molar-refractivity contribution in [2.24, 2.45) is 0 Å². The van der Waals surface area contributed by atoms with Gasteiger partial charge >= 0.3 is 0 Å². The summed E-state index contributed by atoms with van der Waals surface area (Å²) in [5, 5.41) is 1.47. The number of aryl methyl sites for hydroxylation is 1. The van der Waals surface area contributed by atoms with Gasteiger partial charge in [-0.15, -0.1) is 0 Å². The molecule has 0 saturated carbocycles. The van der Waals surface area contributed by atoms with Crippen LogP contribution in [0, 0.1) is 6.92 Å². The molecule has 0 aliphatic heterocycles. The van der Waals surface area contributed by atoms with Crippen LogP contribution in [0.15, 0.2) is 46.2 Å². The van der Waals surface area contributed by atoms with E-state index in [9.17, 15) is 0 Å². The van der Waals surface area contributed by atoms with Crippen LogP contribution in [0.2, 0.25) is 15.1 Å². The highest BCUT2D eigenvalue weighted by Gasteiger charge is 2.10. The van der Waals surface area contributed by atoms with Crippen molar-refractivity contribution < 1.29 is 0 Å². The molecule has 0 saturated heterocycles. The summed E-state index contributed by atoms with van der Waals surface area (Å²) in [6.45, 7) is 2.05. The lowest BCUT2D eigenvalue weighted by Crippen LogP contribution is -1.84. The maximum atomic E-state index is 6.14. The Morgan fingerprint density at radius 3 is 2.15 bits per heavy atom. The van der Waals surface area contributed by atoms with Gasteiger partial charge in [-0.1, -0.05) is 88.2 Å². The third kappa shape index (κ3) is 4.55. The van der Waals surface area contributed by atoms with Crippen molar-refractivity contribution in [2.45, 2.75) is 16.7 Å². The van der Waals surface area contributed by atoms with E-state index in [1.165, 1.54) is 29.1 Å². The first kappa shape index (κ1) is 16.5. The van der Waals surface area contributed by atoms with Crippen LogP contribution >= 0.6 is 70.5 Å². The number of thioether (sulfide) groups is 2. The Morgan fingerprint density at radius 2 is 1.50 bits per heavy atom. The minimum atomic E-state index is 0.443.